The number of methoxy groups -OCH3 is 1. The number of Topliss-reactive ketones (excluding diaryl/α,β-unsaturated/α-hetero) is 1. The molecule has 6 nitrogen and oxygen atoms in total. The van der Waals surface area contributed by atoms with Gasteiger partial charge in [0.25, 0.3) is 0 Å². The summed E-state index contributed by atoms with van der Waals surface area (Å²) in [6.45, 7) is 7.29. The fraction of sp³-hybridized carbons (Fsp3) is 0.688. The van der Waals surface area contributed by atoms with E-state index in [4.69, 9.17) is 9.16 Å². The minimum Gasteiger partial charge on any atom is -0.468 e. The second kappa shape index (κ2) is 5.65. The molecule has 3 atom stereocenters. The molecule has 0 aliphatic heterocycles. The number of esters is 1. The highest BCUT2D eigenvalue weighted by Gasteiger charge is 2.64. The summed E-state index contributed by atoms with van der Waals surface area (Å²) < 4.78 is 11.0. The van der Waals surface area contributed by atoms with Gasteiger partial charge in [-0.2, -0.15) is 0 Å². The molecule has 2 aliphatic carbocycles. The molecule has 0 spiro atoms. The van der Waals surface area contributed by atoms with E-state index in [9.17, 15) is 19.5 Å². The van der Waals surface area contributed by atoms with E-state index in [2.05, 4.69) is 0 Å². The second-order valence-electron chi connectivity index (χ2n) is 7.44. The van der Waals surface area contributed by atoms with Crippen molar-refractivity contribution in [3.63, 3.8) is 0 Å². The van der Waals surface area contributed by atoms with Crippen molar-refractivity contribution in [1.82, 2.24) is 0 Å². The average Bonchev–Trinajstić information content (AvgIpc) is 2.41. The largest absolute Gasteiger partial charge is 0.468 e. The molecule has 1 N–H and O–H groups in total. The van der Waals surface area contributed by atoms with Gasteiger partial charge in [-0.15, -0.1) is 0 Å². The Morgan fingerprint density at radius 1 is 1.35 bits per heavy atom. The van der Waals surface area contributed by atoms with Crippen LogP contribution in [0.1, 0.15) is 26.2 Å². The van der Waals surface area contributed by atoms with Crippen molar-refractivity contribution in [3.8, 4) is 0 Å². The van der Waals surface area contributed by atoms with Gasteiger partial charge in [-0.05, 0) is 44.6 Å². The zero-order chi connectivity index (χ0) is 17.6. The van der Waals surface area contributed by atoms with Crippen LogP contribution >= 0.6 is 0 Å². The van der Waals surface area contributed by atoms with Gasteiger partial charge in [-0.3, -0.25) is 14.4 Å². The van der Waals surface area contributed by atoms with Crippen LogP contribution in [-0.4, -0.2) is 49.8 Å². The number of ketones is 2. The van der Waals surface area contributed by atoms with Gasteiger partial charge in [0.2, 0.25) is 0 Å². The predicted molar refractivity (Wildman–Crippen MR) is 85.2 cm³/mol. The number of aliphatic hydroxyl groups is 1. The molecule has 1 fully saturated rings. The standard InChI is InChI=1S/C16H24O6Si/c1-15(20)7-6-12(18)16(14(19)21-2)11(15)8-10(17)9-13(16)22-23(3,4)5/h8,13,20H,6-7,9H2,1-5H3/t13-,15+,16-/m1/s1. The summed E-state index contributed by atoms with van der Waals surface area (Å²) in [4.78, 5) is 37.6. The first kappa shape index (κ1) is 18.0. The first-order valence-electron chi connectivity index (χ1n) is 7.72. The zero-order valence-electron chi connectivity index (χ0n) is 14.3. The number of fused-ring (bicyclic) bond motifs is 1. The van der Waals surface area contributed by atoms with Crippen molar-refractivity contribution in [2.24, 2.45) is 5.41 Å². The summed E-state index contributed by atoms with van der Waals surface area (Å²) >= 11 is 0. The molecular weight excluding hydrogens is 316 g/mol. The summed E-state index contributed by atoms with van der Waals surface area (Å²) in [5, 5.41) is 10.7. The Morgan fingerprint density at radius 2 is 1.96 bits per heavy atom. The molecule has 1 saturated carbocycles. The number of carbonyl (C=O) groups excluding carboxylic acids is 3. The number of allylic oxidation sites excluding steroid dienone is 1. The maximum Gasteiger partial charge on any atom is 0.326 e. The van der Waals surface area contributed by atoms with E-state index in [-0.39, 0.29) is 36.4 Å². The van der Waals surface area contributed by atoms with Crippen LogP contribution in [0.25, 0.3) is 0 Å². The summed E-state index contributed by atoms with van der Waals surface area (Å²) in [7, 11) is -0.952. The molecule has 0 aromatic carbocycles. The average molecular weight is 340 g/mol. The van der Waals surface area contributed by atoms with Gasteiger partial charge in [-0.1, -0.05) is 0 Å². The Kier molecular flexibility index (Phi) is 4.43. The normalized spacial score (nSPS) is 34.7. The van der Waals surface area contributed by atoms with E-state index >= 15 is 0 Å². The molecule has 23 heavy (non-hydrogen) atoms. The maximum atomic E-state index is 12.8. The molecule has 0 heterocycles. The van der Waals surface area contributed by atoms with Crippen molar-refractivity contribution in [1.29, 1.82) is 0 Å². The number of carbonyl (C=O) groups is 3. The van der Waals surface area contributed by atoms with E-state index in [1.54, 1.807) is 0 Å². The Balaban J connectivity index is 2.70. The molecule has 7 heteroatoms. The third-order valence-electron chi connectivity index (χ3n) is 4.46. The van der Waals surface area contributed by atoms with Gasteiger partial charge in [0.15, 0.2) is 25.3 Å². The quantitative estimate of drug-likeness (QED) is 0.474. The van der Waals surface area contributed by atoms with Crippen LogP contribution in [0.2, 0.25) is 19.6 Å². The van der Waals surface area contributed by atoms with E-state index in [0.717, 1.165) is 0 Å². The molecule has 2 rings (SSSR count). The van der Waals surface area contributed by atoms with E-state index in [1.807, 2.05) is 19.6 Å². The van der Waals surface area contributed by atoms with Crippen molar-refractivity contribution in [2.75, 3.05) is 7.11 Å². The van der Waals surface area contributed by atoms with Crippen LogP contribution in [0, 0.1) is 5.41 Å². The molecule has 0 saturated heterocycles. The lowest BCUT2D eigenvalue weighted by molar-refractivity contribution is -0.168. The number of hydrogen-bond donors (Lipinski definition) is 1. The SMILES string of the molecule is COC(=O)[C@@]12C(=O)CC[C@](C)(O)C1=CC(=O)C[C@H]2O[Si](C)(C)C. The van der Waals surface area contributed by atoms with Gasteiger partial charge in [-0.25, -0.2) is 0 Å². The lowest BCUT2D eigenvalue weighted by Gasteiger charge is -2.49. The molecule has 2 aliphatic rings. The summed E-state index contributed by atoms with van der Waals surface area (Å²) in [6.07, 6.45) is 0.457. The Morgan fingerprint density at radius 3 is 2.48 bits per heavy atom. The van der Waals surface area contributed by atoms with Crippen LogP contribution in [0.5, 0.6) is 0 Å². The van der Waals surface area contributed by atoms with Crippen molar-refractivity contribution >= 4 is 25.9 Å². The molecule has 0 amide bonds. The number of hydrogen-bond acceptors (Lipinski definition) is 6. The molecule has 0 aromatic rings. The Bertz CT molecular complexity index is 576. The molecular formula is C16H24O6Si. The maximum absolute atomic E-state index is 12.8. The molecule has 0 unspecified atom stereocenters. The van der Waals surface area contributed by atoms with Crippen LogP contribution in [-0.2, 0) is 23.5 Å². The fourth-order valence-corrected chi connectivity index (χ4v) is 4.63. The van der Waals surface area contributed by atoms with Gasteiger partial charge in [0, 0.05) is 12.8 Å². The van der Waals surface area contributed by atoms with Gasteiger partial charge < -0.3 is 14.3 Å². The second-order valence-corrected chi connectivity index (χ2v) is 11.9. The third kappa shape index (κ3) is 2.93. The lowest BCUT2D eigenvalue weighted by atomic mass is 9.57. The summed E-state index contributed by atoms with van der Waals surface area (Å²) in [5.74, 6) is -1.36. The minimum absolute atomic E-state index is 0.0409. The molecule has 0 radical (unpaired) electrons. The van der Waals surface area contributed by atoms with Crippen molar-refractivity contribution < 1.29 is 28.7 Å². The van der Waals surface area contributed by atoms with Crippen LogP contribution in [0.15, 0.2) is 11.6 Å². The Labute approximate surface area is 137 Å². The number of rotatable bonds is 3. The van der Waals surface area contributed by atoms with E-state index in [1.165, 1.54) is 20.1 Å². The number of ether oxygens (including phenoxy) is 1. The van der Waals surface area contributed by atoms with Gasteiger partial charge >= 0.3 is 5.97 Å². The predicted octanol–water partition coefficient (Wildman–Crippen LogP) is 1.38. The first-order valence-corrected chi connectivity index (χ1v) is 11.1. The molecule has 0 bridgehead atoms. The topological polar surface area (TPSA) is 89.9 Å². The lowest BCUT2D eigenvalue weighted by Crippen LogP contribution is -2.62. The monoisotopic (exact) mass is 340 g/mol. The van der Waals surface area contributed by atoms with Crippen LogP contribution in [0.3, 0.4) is 0 Å². The highest BCUT2D eigenvalue weighted by atomic mass is 28.4. The third-order valence-corrected chi connectivity index (χ3v) is 5.45. The van der Waals surface area contributed by atoms with Crippen molar-refractivity contribution in [3.05, 3.63) is 11.6 Å². The van der Waals surface area contributed by atoms with Crippen molar-refractivity contribution in [2.45, 2.75) is 57.5 Å². The van der Waals surface area contributed by atoms with Gasteiger partial charge in [0.1, 0.15) is 0 Å². The van der Waals surface area contributed by atoms with Gasteiger partial charge in [0.05, 0.1) is 18.8 Å². The highest BCUT2D eigenvalue weighted by Crippen LogP contribution is 2.51. The molecule has 128 valence electrons. The van der Waals surface area contributed by atoms with Crippen LogP contribution in [0.4, 0.5) is 0 Å². The van der Waals surface area contributed by atoms with Crippen LogP contribution < -0.4 is 0 Å². The Hall–Kier alpha value is -1.31. The molecule has 0 aromatic heterocycles. The summed E-state index contributed by atoms with van der Waals surface area (Å²) in [6, 6.07) is 0. The smallest absolute Gasteiger partial charge is 0.326 e. The first-order chi connectivity index (χ1) is 10.4. The van der Waals surface area contributed by atoms with E-state index in [0.29, 0.717) is 0 Å². The zero-order valence-corrected chi connectivity index (χ0v) is 15.3. The van der Waals surface area contributed by atoms with E-state index < -0.39 is 31.4 Å². The fourth-order valence-electron chi connectivity index (χ4n) is 3.51. The minimum atomic E-state index is -2.15. The summed E-state index contributed by atoms with van der Waals surface area (Å²) in [5.41, 5.74) is -3.02. The highest BCUT2D eigenvalue weighted by molar-refractivity contribution is 6.69.